The first-order valence-corrected chi connectivity index (χ1v) is 10.1. The Labute approximate surface area is 186 Å². The topological polar surface area (TPSA) is 104 Å². The Bertz CT molecular complexity index is 1280. The van der Waals surface area contributed by atoms with Crippen LogP contribution in [-0.2, 0) is 0 Å². The van der Waals surface area contributed by atoms with E-state index in [1.807, 2.05) is 29.2 Å². The Kier molecular flexibility index (Phi) is 4.89. The van der Waals surface area contributed by atoms with E-state index in [0.29, 0.717) is 43.5 Å². The Morgan fingerprint density at radius 1 is 1.00 bits per heavy atom. The zero-order chi connectivity index (χ0) is 22.2. The average molecular weight is 441 g/mol. The molecule has 10 heteroatoms. The molecule has 3 heterocycles. The number of carbonyl (C=O) groups excluding carboxylic acids is 1. The van der Waals surface area contributed by atoms with Crippen LogP contribution in [0.15, 0.2) is 48.7 Å². The maximum absolute atomic E-state index is 14.0. The molecule has 2 aromatic carbocycles. The number of fused-ring (bicyclic) bond motifs is 1. The zero-order valence-electron chi connectivity index (χ0n) is 16.9. The monoisotopic (exact) mass is 441 g/mol. The Morgan fingerprint density at radius 3 is 2.44 bits per heavy atom. The summed E-state index contributed by atoms with van der Waals surface area (Å²) in [6, 6.07) is 11.0. The number of hydrogen-bond donors (Lipinski definition) is 2. The van der Waals surface area contributed by atoms with Crippen LogP contribution in [-0.4, -0.2) is 56.9 Å². The maximum atomic E-state index is 14.0. The summed E-state index contributed by atoms with van der Waals surface area (Å²) in [6.07, 6.45) is 1.56. The standard InChI is InChI=1S/C22H19F2N7O.3H2/c23-13-4-3-5-14(24)18(13)22(32)31-10-8-30(9-11-31)17-12-26-20(25)19(29-17)21-27-15-6-1-2-7-16(15)28-21;;;/h1-7,12H,8-11H2,(H2,25,26)(H,27,28);3*1H. The molecule has 4 aromatic rings. The number of aromatic amines is 1. The van der Waals surface area contributed by atoms with Gasteiger partial charge in [-0.05, 0) is 24.3 Å². The molecule has 3 N–H and O–H groups in total. The van der Waals surface area contributed by atoms with Gasteiger partial charge in [-0.15, -0.1) is 0 Å². The lowest BCUT2D eigenvalue weighted by molar-refractivity contribution is 0.0736. The number of hydrogen-bond acceptors (Lipinski definition) is 6. The number of nitrogens with two attached hydrogens (primary N) is 1. The van der Waals surface area contributed by atoms with Gasteiger partial charge in [-0.25, -0.2) is 23.7 Å². The first-order chi connectivity index (χ1) is 15.5. The summed E-state index contributed by atoms with van der Waals surface area (Å²) in [6.45, 7) is 1.44. The lowest BCUT2D eigenvalue weighted by atomic mass is 10.1. The SMILES string of the molecule is Nc1ncc(N2CCN(C(=O)c3c(F)cccc3F)CC2)nc1-c1nc2ccccc2[nH]1.[HH].[HH].[HH]. The van der Waals surface area contributed by atoms with Gasteiger partial charge in [-0.2, -0.15) is 0 Å². The number of H-pyrrole nitrogens is 1. The van der Waals surface area contributed by atoms with Crippen molar-refractivity contribution in [1.29, 1.82) is 0 Å². The van der Waals surface area contributed by atoms with E-state index < -0.39 is 23.1 Å². The fourth-order valence-corrected chi connectivity index (χ4v) is 3.78. The molecule has 1 fully saturated rings. The highest BCUT2D eigenvalue weighted by Gasteiger charge is 2.27. The summed E-state index contributed by atoms with van der Waals surface area (Å²) in [5, 5.41) is 0. The molecular weight excluding hydrogens is 416 g/mol. The van der Waals surface area contributed by atoms with E-state index in [4.69, 9.17) is 5.73 Å². The maximum Gasteiger partial charge on any atom is 0.259 e. The predicted octanol–water partition coefficient (Wildman–Crippen LogP) is 3.58. The quantitative estimate of drug-likeness (QED) is 0.504. The average Bonchev–Trinajstić information content (AvgIpc) is 3.23. The minimum absolute atomic E-state index is 0. The van der Waals surface area contributed by atoms with Gasteiger partial charge in [0.15, 0.2) is 17.3 Å². The van der Waals surface area contributed by atoms with Crippen molar-refractivity contribution in [2.24, 2.45) is 0 Å². The molecule has 32 heavy (non-hydrogen) atoms. The number of para-hydroxylation sites is 2. The lowest BCUT2D eigenvalue weighted by Crippen LogP contribution is -2.49. The molecule has 0 unspecified atom stereocenters. The van der Waals surface area contributed by atoms with Crippen molar-refractivity contribution in [3.05, 3.63) is 65.9 Å². The molecule has 0 radical (unpaired) electrons. The molecule has 0 spiro atoms. The third-order valence-electron chi connectivity index (χ3n) is 5.47. The zero-order valence-corrected chi connectivity index (χ0v) is 16.9. The minimum Gasteiger partial charge on any atom is -0.382 e. The number of aromatic nitrogens is 4. The Hall–Kier alpha value is -4.08. The van der Waals surface area contributed by atoms with E-state index in [0.717, 1.165) is 23.2 Å². The van der Waals surface area contributed by atoms with Gasteiger partial charge in [-0.1, -0.05) is 18.2 Å². The van der Waals surface area contributed by atoms with Gasteiger partial charge in [0, 0.05) is 30.5 Å². The number of carbonyl (C=O) groups is 1. The second-order valence-electron chi connectivity index (χ2n) is 7.44. The number of benzene rings is 2. The predicted molar refractivity (Wildman–Crippen MR) is 122 cm³/mol. The molecule has 0 atom stereocenters. The number of nitrogens with one attached hydrogen (secondary N) is 1. The number of piperazine rings is 1. The smallest absolute Gasteiger partial charge is 0.259 e. The number of nitrogens with zero attached hydrogens (tertiary/aromatic N) is 5. The molecular formula is C22H25F2N7O. The second-order valence-corrected chi connectivity index (χ2v) is 7.44. The van der Waals surface area contributed by atoms with Gasteiger partial charge in [0.05, 0.1) is 17.2 Å². The van der Waals surface area contributed by atoms with Gasteiger partial charge < -0.3 is 20.5 Å². The van der Waals surface area contributed by atoms with Crippen molar-refractivity contribution in [2.75, 3.05) is 36.8 Å². The fourth-order valence-electron chi connectivity index (χ4n) is 3.78. The van der Waals surface area contributed by atoms with E-state index in [2.05, 4.69) is 19.9 Å². The van der Waals surface area contributed by atoms with Crippen LogP contribution in [0.4, 0.5) is 20.4 Å². The number of anilines is 2. The van der Waals surface area contributed by atoms with Crippen LogP contribution in [0.3, 0.4) is 0 Å². The molecule has 0 saturated carbocycles. The molecule has 1 amide bonds. The van der Waals surface area contributed by atoms with E-state index in [9.17, 15) is 13.6 Å². The molecule has 1 aliphatic heterocycles. The summed E-state index contributed by atoms with van der Waals surface area (Å²) in [5.41, 5.74) is 7.62. The highest BCUT2D eigenvalue weighted by molar-refractivity contribution is 5.95. The molecule has 8 nitrogen and oxygen atoms in total. The van der Waals surface area contributed by atoms with Crippen LogP contribution >= 0.6 is 0 Å². The third-order valence-corrected chi connectivity index (χ3v) is 5.47. The molecule has 2 aromatic heterocycles. The fraction of sp³-hybridized carbons (Fsp3) is 0.182. The first kappa shape index (κ1) is 19.9. The van der Waals surface area contributed by atoms with E-state index in [1.54, 1.807) is 6.20 Å². The molecule has 1 saturated heterocycles. The van der Waals surface area contributed by atoms with Gasteiger partial charge in [0.2, 0.25) is 0 Å². The van der Waals surface area contributed by atoms with Gasteiger partial charge >= 0.3 is 0 Å². The summed E-state index contributed by atoms with van der Waals surface area (Å²) in [7, 11) is 0. The van der Waals surface area contributed by atoms with Crippen LogP contribution in [0.2, 0.25) is 0 Å². The van der Waals surface area contributed by atoms with Gasteiger partial charge in [0.1, 0.15) is 23.0 Å². The summed E-state index contributed by atoms with van der Waals surface area (Å²) < 4.78 is 28.0. The van der Waals surface area contributed by atoms with Crippen LogP contribution in [0.5, 0.6) is 0 Å². The van der Waals surface area contributed by atoms with Crippen LogP contribution in [0.25, 0.3) is 22.6 Å². The summed E-state index contributed by atoms with van der Waals surface area (Å²) in [5.74, 6) is -1.04. The van der Waals surface area contributed by atoms with Crippen LogP contribution in [0, 0.1) is 11.6 Å². The normalized spacial score (nSPS) is 14.2. The third kappa shape index (κ3) is 3.49. The number of nitrogen functional groups attached to an aromatic ring is 1. The van der Waals surface area contributed by atoms with Crippen LogP contribution in [0.1, 0.15) is 14.6 Å². The van der Waals surface area contributed by atoms with E-state index in [1.165, 1.54) is 11.0 Å². The van der Waals surface area contributed by atoms with Crippen molar-refractivity contribution < 1.29 is 17.9 Å². The van der Waals surface area contributed by atoms with Gasteiger partial charge in [0.25, 0.3) is 5.91 Å². The number of rotatable bonds is 3. The molecule has 168 valence electrons. The molecule has 0 bridgehead atoms. The number of amides is 1. The molecule has 0 aliphatic carbocycles. The lowest BCUT2D eigenvalue weighted by Gasteiger charge is -2.35. The van der Waals surface area contributed by atoms with Crippen molar-refractivity contribution in [1.82, 2.24) is 24.8 Å². The minimum atomic E-state index is -0.864. The Morgan fingerprint density at radius 2 is 1.72 bits per heavy atom. The van der Waals surface area contributed by atoms with Crippen molar-refractivity contribution in [3.8, 4) is 11.5 Å². The Balaban J connectivity index is 0.00000144. The van der Waals surface area contributed by atoms with E-state index >= 15 is 0 Å². The van der Waals surface area contributed by atoms with Crippen molar-refractivity contribution in [2.45, 2.75) is 0 Å². The van der Waals surface area contributed by atoms with Crippen molar-refractivity contribution >= 4 is 28.6 Å². The second kappa shape index (κ2) is 7.88. The highest BCUT2D eigenvalue weighted by Crippen LogP contribution is 2.26. The summed E-state index contributed by atoms with van der Waals surface area (Å²) >= 11 is 0. The molecule has 5 rings (SSSR count). The number of halogens is 2. The van der Waals surface area contributed by atoms with E-state index in [-0.39, 0.29) is 10.1 Å². The molecule has 1 aliphatic rings. The summed E-state index contributed by atoms with van der Waals surface area (Å²) in [4.78, 5) is 32.6. The number of imidazole rings is 1. The highest BCUT2D eigenvalue weighted by atomic mass is 19.1. The largest absolute Gasteiger partial charge is 0.382 e. The van der Waals surface area contributed by atoms with Gasteiger partial charge in [-0.3, -0.25) is 4.79 Å². The van der Waals surface area contributed by atoms with Crippen LogP contribution < -0.4 is 10.6 Å². The first-order valence-electron chi connectivity index (χ1n) is 10.1. The van der Waals surface area contributed by atoms with Crippen molar-refractivity contribution in [3.63, 3.8) is 0 Å².